The highest BCUT2D eigenvalue weighted by atomic mass is 16.5. The minimum absolute atomic E-state index is 0.244. The lowest BCUT2D eigenvalue weighted by Gasteiger charge is -2.14. The highest BCUT2D eigenvalue weighted by molar-refractivity contribution is 5.97. The molecule has 0 atom stereocenters. The third-order valence-electron chi connectivity index (χ3n) is 4.24. The van der Waals surface area contributed by atoms with Crippen molar-refractivity contribution in [1.29, 1.82) is 0 Å². The molecule has 0 radical (unpaired) electrons. The van der Waals surface area contributed by atoms with Crippen LogP contribution in [0.5, 0.6) is 28.7 Å². The number of amides is 2. The number of rotatable bonds is 11. The van der Waals surface area contributed by atoms with Crippen LogP contribution in [0.2, 0.25) is 0 Å². The largest absolute Gasteiger partial charge is 0.496 e. The normalized spacial score (nSPS) is 10.4. The van der Waals surface area contributed by atoms with Crippen LogP contribution in [-0.4, -0.2) is 59.6 Å². The summed E-state index contributed by atoms with van der Waals surface area (Å²) in [6.07, 6.45) is 1.43. The molecule has 0 aliphatic rings. The Morgan fingerprint density at radius 3 is 2.16 bits per heavy atom. The van der Waals surface area contributed by atoms with E-state index in [1.54, 1.807) is 18.2 Å². The molecular formula is C22H27N3O7. The van der Waals surface area contributed by atoms with Gasteiger partial charge in [-0.25, -0.2) is 5.43 Å². The van der Waals surface area contributed by atoms with Crippen molar-refractivity contribution in [3.05, 3.63) is 41.5 Å². The smallest absolute Gasteiger partial charge is 0.259 e. The van der Waals surface area contributed by atoms with Crippen molar-refractivity contribution in [3.63, 3.8) is 0 Å². The summed E-state index contributed by atoms with van der Waals surface area (Å²) in [6.45, 7) is 2.11. The van der Waals surface area contributed by atoms with Crippen LogP contribution in [0.15, 0.2) is 35.4 Å². The first-order valence-electron chi connectivity index (χ1n) is 9.68. The number of hydrogen-bond acceptors (Lipinski definition) is 8. The van der Waals surface area contributed by atoms with Gasteiger partial charge in [-0.05, 0) is 37.3 Å². The molecule has 2 aromatic rings. The Morgan fingerprint density at radius 2 is 1.59 bits per heavy atom. The molecule has 2 N–H and O–H groups in total. The second-order valence-electron chi connectivity index (χ2n) is 6.23. The fraction of sp³-hybridized carbons (Fsp3) is 0.318. The number of hydrazone groups is 1. The van der Waals surface area contributed by atoms with Crippen LogP contribution >= 0.6 is 0 Å². The van der Waals surface area contributed by atoms with Crippen LogP contribution in [0.4, 0.5) is 0 Å². The summed E-state index contributed by atoms with van der Waals surface area (Å²) < 4.78 is 26.4. The van der Waals surface area contributed by atoms with Gasteiger partial charge in [0.05, 0.1) is 47.8 Å². The predicted octanol–water partition coefficient (Wildman–Crippen LogP) is 2.00. The Morgan fingerprint density at radius 1 is 0.938 bits per heavy atom. The number of carbonyl (C=O) groups is 2. The van der Waals surface area contributed by atoms with E-state index in [2.05, 4.69) is 15.8 Å². The maximum Gasteiger partial charge on any atom is 0.259 e. The summed E-state index contributed by atoms with van der Waals surface area (Å²) >= 11 is 0. The third kappa shape index (κ3) is 6.27. The van der Waals surface area contributed by atoms with E-state index in [-0.39, 0.29) is 12.1 Å². The Kier molecular flexibility index (Phi) is 9.15. The van der Waals surface area contributed by atoms with Gasteiger partial charge in [0, 0.05) is 11.1 Å². The second kappa shape index (κ2) is 12.0. The SMILES string of the molecule is CCOc1ccc(OC)c(/C=N\NC(=O)CNC(=O)c2cc(OC)c(OC)c(OC)c2)c1. The average molecular weight is 445 g/mol. The molecule has 10 heteroatoms. The number of methoxy groups -OCH3 is 4. The topological polar surface area (TPSA) is 117 Å². The molecule has 32 heavy (non-hydrogen) atoms. The lowest BCUT2D eigenvalue weighted by Crippen LogP contribution is -2.35. The zero-order valence-corrected chi connectivity index (χ0v) is 18.7. The van der Waals surface area contributed by atoms with Gasteiger partial charge >= 0.3 is 0 Å². The Bertz CT molecular complexity index is 951. The predicted molar refractivity (Wildman–Crippen MR) is 118 cm³/mol. The summed E-state index contributed by atoms with van der Waals surface area (Å²) in [4.78, 5) is 24.5. The van der Waals surface area contributed by atoms with Gasteiger partial charge in [-0.15, -0.1) is 0 Å². The zero-order chi connectivity index (χ0) is 23.5. The molecule has 0 aliphatic heterocycles. The third-order valence-corrected chi connectivity index (χ3v) is 4.24. The fourth-order valence-electron chi connectivity index (χ4n) is 2.76. The van der Waals surface area contributed by atoms with Gasteiger partial charge in [0.1, 0.15) is 11.5 Å². The summed E-state index contributed by atoms with van der Waals surface area (Å²) in [5, 5.41) is 6.43. The maximum atomic E-state index is 12.5. The molecular weight excluding hydrogens is 418 g/mol. The quantitative estimate of drug-likeness (QED) is 0.401. The van der Waals surface area contributed by atoms with Gasteiger partial charge in [-0.1, -0.05) is 0 Å². The van der Waals surface area contributed by atoms with E-state index in [0.29, 0.717) is 40.9 Å². The minimum atomic E-state index is -0.512. The van der Waals surface area contributed by atoms with Crippen molar-refractivity contribution in [3.8, 4) is 28.7 Å². The van der Waals surface area contributed by atoms with E-state index in [4.69, 9.17) is 23.7 Å². The Labute approximate surface area is 186 Å². The molecule has 172 valence electrons. The van der Waals surface area contributed by atoms with E-state index < -0.39 is 11.8 Å². The molecule has 2 amide bonds. The van der Waals surface area contributed by atoms with Crippen LogP contribution < -0.4 is 34.4 Å². The van der Waals surface area contributed by atoms with E-state index in [1.807, 2.05) is 6.92 Å². The van der Waals surface area contributed by atoms with Crippen molar-refractivity contribution < 1.29 is 33.3 Å². The minimum Gasteiger partial charge on any atom is -0.496 e. The number of nitrogens with zero attached hydrogens (tertiary/aromatic N) is 1. The number of ether oxygens (including phenoxy) is 5. The van der Waals surface area contributed by atoms with E-state index >= 15 is 0 Å². The first-order chi connectivity index (χ1) is 15.5. The van der Waals surface area contributed by atoms with Crippen LogP contribution in [0.25, 0.3) is 0 Å². The van der Waals surface area contributed by atoms with Gasteiger partial charge in [-0.3, -0.25) is 9.59 Å². The van der Waals surface area contributed by atoms with Gasteiger partial charge in [0.25, 0.3) is 11.8 Å². The van der Waals surface area contributed by atoms with Crippen molar-refractivity contribution in [2.45, 2.75) is 6.92 Å². The zero-order valence-electron chi connectivity index (χ0n) is 18.7. The highest BCUT2D eigenvalue weighted by Gasteiger charge is 2.17. The molecule has 2 aromatic carbocycles. The van der Waals surface area contributed by atoms with Crippen molar-refractivity contribution in [1.82, 2.24) is 10.7 Å². The molecule has 0 heterocycles. The highest BCUT2D eigenvalue weighted by Crippen LogP contribution is 2.38. The molecule has 0 aliphatic carbocycles. The Hall–Kier alpha value is -3.95. The number of carbonyl (C=O) groups excluding carboxylic acids is 2. The van der Waals surface area contributed by atoms with Crippen LogP contribution in [0.1, 0.15) is 22.8 Å². The lowest BCUT2D eigenvalue weighted by molar-refractivity contribution is -0.120. The average Bonchev–Trinajstić information content (AvgIpc) is 2.81. The molecule has 0 unspecified atom stereocenters. The molecule has 2 rings (SSSR count). The number of benzene rings is 2. The van der Waals surface area contributed by atoms with E-state index in [1.165, 1.54) is 46.8 Å². The number of nitrogens with one attached hydrogen (secondary N) is 2. The van der Waals surface area contributed by atoms with Gasteiger partial charge in [-0.2, -0.15) is 5.10 Å². The van der Waals surface area contributed by atoms with Crippen LogP contribution in [0.3, 0.4) is 0 Å². The molecule has 0 saturated carbocycles. The standard InChI is InChI=1S/C22H27N3O7/c1-6-32-16-7-8-17(28-2)15(9-16)12-24-25-20(26)13-23-22(27)14-10-18(29-3)21(31-5)19(11-14)30-4/h7-12H,6,13H2,1-5H3,(H,23,27)(H,25,26)/b24-12-. The van der Waals surface area contributed by atoms with E-state index in [9.17, 15) is 9.59 Å². The van der Waals surface area contributed by atoms with Crippen molar-refractivity contribution in [2.75, 3.05) is 41.6 Å². The lowest BCUT2D eigenvalue weighted by atomic mass is 10.1. The fourth-order valence-corrected chi connectivity index (χ4v) is 2.76. The Balaban J connectivity index is 1.99. The molecule has 0 spiro atoms. The molecule has 0 saturated heterocycles. The van der Waals surface area contributed by atoms with Crippen molar-refractivity contribution >= 4 is 18.0 Å². The second-order valence-corrected chi connectivity index (χ2v) is 6.23. The summed E-state index contributed by atoms with van der Waals surface area (Å²) in [7, 11) is 5.89. The first-order valence-corrected chi connectivity index (χ1v) is 9.68. The van der Waals surface area contributed by atoms with Crippen LogP contribution in [0, 0.1) is 0 Å². The van der Waals surface area contributed by atoms with Gasteiger partial charge in [0.2, 0.25) is 5.75 Å². The summed E-state index contributed by atoms with van der Waals surface area (Å²) in [6, 6.07) is 8.24. The molecule has 0 bridgehead atoms. The van der Waals surface area contributed by atoms with Gasteiger partial charge < -0.3 is 29.0 Å². The van der Waals surface area contributed by atoms with Crippen molar-refractivity contribution in [2.24, 2.45) is 5.10 Å². The summed E-state index contributed by atoms with van der Waals surface area (Å²) in [5.41, 5.74) is 3.22. The molecule has 10 nitrogen and oxygen atoms in total. The first kappa shape index (κ1) is 24.3. The number of hydrogen-bond donors (Lipinski definition) is 2. The molecule has 0 aromatic heterocycles. The van der Waals surface area contributed by atoms with Gasteiger partial charge in [0.15, 0.2) is 11.5 Å². The molecule has 0 fully saturated rings. The van der Waals surface area contributed by atoms with Crippen LogP contribution in [-0.2, 0) is 4.79 Å². The van der Waals surface area contributed by atoms with E-state index in [0.717, 1.165) is 0 Å². The monoisotopic (exact) mass is 445 g/mol. The summed E-state index contributed by atoms with van der Waals surface area (Å²) in [5.74, 6) is 1.24. The maximum absolute atomic E-state index is 12.5.